The van der Waals surface area contributed by atoms with Gasteiger partial charge in [-0.1, -0.05) is 58.3 Å². The second kappa shape index (κ2) is 16.6. The maximum atomic E-state index is 10.8. The van der Waals surface area contributed by atoms with Gasteiger partial charge in [-0.25, -0.2) is 0 Å². The zero-order chi connectivity index (χ0) is 16.7. The van der Waals surface area contributed by atoms with Crippen LogP contribution in [0, 0.1) is 0 Å². The normalized spacial score (nSPS) is 11.3. The largest absolute Gasteiger partial charge is 1.00 e. The predicted octanol–water partition coefficient (Wildman–Crippen LogP) is 2.24. The first-order valence-electron chi connectivity index (χ1n) is 9.67. The number of carboxylic acid groups (broad SMARTS) is 1. The maximum Gasteiger partial charge on any atom is 0.309 e. The molecule has 0 bridgehead atoms. The Labute approximate surface area is 150 Å². The molecule has 0 aromatic heterocycles. The van der Waals surface area contributed by atoms with Crippen molar-refractivity contribution >= 4 is 5.97 Å². The lowest BCUT2D eigenvalue weighted by molar-refractivity contribution is -0.924. The summed E-state index contributed by atoms with van der Waals surface area (Å²) in [6.07, 6.45) is 13.9. The van der Waals surface area contributed by atoms with Crippen molar-refractivity contribution < 1.29 is 26.8 Å². The fraction of sp³-hybridized carbons (Fsp3) is 0.947. The fourth-order valence-corrected chi connectivity index (χ4v) is 3.24. The number of halogens is 1. The lowest BCUT2D eigenvalue weighted by atomic mass is 10.1. The Kier molecular flexibility index (Phi) is 18.0. The summed E-state index contributed by atoms with van der Waals surface area (Å²) in [5.41, 5.74) is 0. The van der Waals surface area contributed by atoms with Gasteiger partial charge in [0.15, 0.2) is 0 Å². The third-order valence-electron chi connectivity index (χ3n) is 5.13. The van der Waals surface area contributed by atoms with Gasteiger partial charge in [-0.3, -0.25) is 4.79 Å². The fourth-order valence-electron chi connectivity index (χ4n) is 3.24. The molecule has 0 radical (unpaired) electrons. The number of unbranched alkanes of at least 4 members (excludes halogenated alkanes) is 9. The smallest absolute Gasteiger partial charge is 0.309 e. The van der Waals surface area contributed by atoms with Crippen LogP contribution in [-0.2, 0) is 4.79 Å². The minimum atomic E-state index is -0.660. The minimum absolute atomic E-state index is 0. The molecule has 0 amide bonds. The number of quaternary nitrogens is 1. The van der Waals surface area contributed by atoms with Crippen LogP contribution in [0.25, 0.3) is 0 Å². The molecule has 0 aliphatic heterocycles. The van der Waals surface area contributed by atoms with E-state index in [2.05, 4.69) is 20.8 Å². The van der Waals surface area contributed by atoms with Gasteiger partial charge in [-0.15, -0.1) is 0 Å². The first-order valence-corrected chi connectivity index (χ1v) is 9.67. The summed E-state index contributed by atoms with van der Waals surface area (Å²) in [5.74, 6) is -0.660. The van der Waals surface area contributed by atoms with Gasteiger partial charge in [0.25, 0.3) is 0 Å². The van der Waals surface area contributed by atoms with E-state index in [-0.39, 0.29) is 12.4 Å². The Hall–Kier alpha value is -0.280. The Bertz CT molecular complexity index is 268. The molecule has 4 heteroatoms. The molecular weight excluding hydrogens is 310 g/mol. The van der Waals surface area contributed by atoms with Crippen LogP contribution < -0.4 is 12.4 Å². The first kappa shape index (κ1) is 25.0. The van der Waals surface area contributed by atoms with E-state index >= 15 is 0 Å². The Morgan fingerprint density at radius 1 is 0.739 bits per heavy atom. The molecule has 0 saturated carbocycles. The SMILES string of the molecule is CCCCCCCCCCCC[N+](CC)(CC)CCC(=O)O.[Cl-]. The molecular formula is C19H40ClNO2. The van der Waals surface area contributed by atoms with Gasteiger partial charge in [0.1, 0.15) is 0 Å². The second-order valence-electron chi connectivity index (χ2n) is 6.75. The van der Waals surface area contributed by atoms with Crippen LogP contribution in [0.5, 0.6) is 0 Å². The zero-order valence-corrected chi connectivity index (χ0v) is 16.5. The van der Waals surface area contributed by atoms with Crippen molar-refractivity contribution in [2.75, 3.05) is 26.2 Å². The number of rotatable bonds is 16. The van der Waals surface area contributed by atoms with Gasteiger partial charge >= 0.3 is 5.97 Å². The van der Waals surface area contributed by atoms with Gasteiger partial charge in [0.2, 0.25) is 0 Å². The zero-order valence-electron chi connectivity index (χ0n) is 15.8. The van der Waals surface area contributed by atoms with E-state index in [1.165, 1.54) is 64.2 Å². The number of hydrogen-bond acceptors (Lipinski definition) is 1. The van der Waals surface area contributed by atoms with E-state index < -0.39 is 5.97 Å². The third kappa shape index (κ3) is 13.8. The molecule has 0 aliphatic carbocycles. The van der Waals surface area contributed by atoms with Crippen LogP contribution in [0.2, 0.25) is 0 Å². The average Bonchev–Trinajstić information content (AvgIpc) is 2.52. The molecule has 0 saturated heterocycles. The highest BCUT2D eigenvalue weighted by Crippen LogP contribution is 2.14. The molecule has 0 rings (SSSR count). The molecule has 0 fully saturated rings. The highest BCUT2D eigenvalue weighted by atomic mass is 35.5. The molecule has 140 valence electrons. The first-order chi connectivity index (χ1) is 10.6. The average molecular weight is 350 g/mol. The highest BCUT2D eigenvalue weighted by molar-refractivity contribution is 5.66. The Balaban J connectivity index is 0. The van der Waals surface area contributed by atoms with Gasteiger partial charge in [0.05, 0.1) is 32.6 Å². The molecule has 0 aromatic rings. The molecule has 0 spiro atoms. The van der Waals surface area contributed by atoms with Crippen molar-refractivity contribution in [1.29, 1.82) is 0 Å². The molecule has 0 aliphatic rings. The van der Waals surface area contributed by atoms with Crippen LogP contribution in [0.4, 0.5) is 0 Å². The van der Waals surface area contributed by atoms with E-state index in [9.17, 15) is 4.79 Å². The molecule has 1 N–H and O–H groups in total. The molecule has 0 aromatic carbocycles. The number of carboxylic acids is 1. The Morgan fingerprint density at radius 2 is 1.17 bits per heavy atom. The van der Waals surface area contributed by atoms with Crippen LogP contribution in [0.1, 0.15) is 91.4 Å². The quantitative estimate of drug-likeness (QED) is 0.343. The van der Waals surface area contributed by atoms with Gasteiger partial charge in [-0.2, -0.15) is 0 Å². The number of hydrogen-bond donors (Lipinski definition) is 1. The van der Waals surface area contributed by atoms with E-state index in [4.69, 9.17) is 5.11 Å². The topological polar surface area (TPSA) is 37.3 Å². The van der Waals surface area contributed by atoms with Gasteiger partial charge in [-0.05, 0) is 26.7 Å². The molecule has 23 heavy (non-hydrogen) atoms. The molecule has 3 nitrogen and oxygen atoms in total. The molecule has 0 heterocycles. The lowest BCUT2D eigenvalue weighted by Gasteiger charge is -2.36. The van der Waals surface area contributed by atoms with Crippen molar-refractivity contribution in [3.05, 3.63) is 0 Å². The highest BCUT2D eigenvalue weighted by Gasteiger charge is 2.23. The summed E-state index contributed by atoms with van der Waals surface area (Å²) in [5, 5.41) is 8.90. The van der Waals surface area contributed by atoms with Gasteiger partial charge in [0, 0.05) is 0 Å². The number of carbonyl (C=O) groups is 1. The Morgan fingerprint density at radius 3 is 1.57 bits per heavy atom. The molecule has 0 atom stereocenters. The van der Waals surface area contributed by atoms with E-state index in [1.54, 1.807) is 0 Å². The predicted molar refractivity (Wildman–Crippen MR) is 95.2 cm³/mol. The lowest BCUT2D eigenvalue weighted by Crippen LogP contribution is -3.00. The van der Waals surface area contributed by atoms with Crippen LogP contribution in [-0.4, -0.2) is 41.7 Å². The minimum Gasteiger partial charge on any atom is -1.00 e. The number of nitrogens with zero attached hydrogens (tertiary/aromatic N) is 1. The summed E-state index contributed by atoms with van der Waals surface area (Å²) < 4.78 is 0.976. The van der Waals surface area contributed by atoms with E-state index in [0.717, 1.165) is 30.7 Å². The summed E-state index contributed by atoms with van der Waals surface area (Å²) in [4.78, 5) is 10.8. The van der Waals surface area contributed by atoms with Crippen molar-refractivity contribution in [3.8, 4) is 0 Å². The molecule has 0 unspecified atom stereocenters. The summed E-state index contributed by atoms with van der Waals surface area (Å²) >= 11 is 0. The van der Waals surface area contributed by atoms with Crippen LogP contribution >= 0.6 is 0 Å². The van der Waals surface area contributed by atoms with Gasteiger partial charge < -0.3 is 22.0 Å². The summed E-state index contributed by atoms with van der Waals surface area (Å²) in [7, 11) is 0. The summed E-state index contributed by atoms with van der Waals surface area (Å²) in [6, 6.07) is 0. The van der Waals surface area contributed by atoms with Crippen molar-refractivity contribution in [3.63, 3.8) is 0 Å². The third-order valence-corrected chi connectivity index (χ3v) is 5.13. The van der Waals surface area contributed by atoms with Crippen molar-refractivity contribution in [2.24, 2.45) is 0 Å². The van der Waals surface area contributed by atoms with Crippen molar-refractivity contribution in [1.82, 2.24) is 0 Å². The van der Waals surface area contributed by atoms with Crippen LogP contribution in [0.3, 0.4) is 0 Å². The number of aliphatic carboxylic acids is 1. The van der Waals surface area contributed by atoms with Crippen molar-refractivity contribution in [2.45, 2.75) is 91.4 Å². The van der Waals surface area contributed by atoms with E-state index in [0.29, 0.717) is 6.42 Å². The summed E-state index contributed by atoms with van der Waals surface area (Å²) in [6.45, 7) is 10.7. The van der Waals surface area contributed by atoms with Crippen LogP contribution in [0.15, 0.2) is 0 Å². The second-order valence-corrected chi connectivity index (χ2v) is 6.75. The standard InChI is InChI=1S/C19H39NO2.ClH/c1-4-7-8-9-10-11-12-13-14-15-17-20(5-2,6-3)18-16-19(21)22;/h4-18H2,1-3H3;1H. The maximum absolute atomic E-state index is 10.8. The monoisotopic (exact) mass is 349 g/mol. The van der Waals surface area contributed by atoms with E-state index in [1.807, 2.05) is 0 Å².